The minimum Gasteiger partial charge on any atom is -0.454 e. The van der Waals surface area contributed by atoms with Gasteiger partial charge in [0.05, 0.1) is 4.88 Å². The van der Waals surface area contributed by atoms with E-state index in [1.54, 1.807) is 6.07 Å². The van der Waals surface area contributed by atoms with Crippen molar-refractivity contribution in [2.24, 2.45) is 0 Å². The van der Waals surface area contributed by atoms with Crippen LogP contribution in [0.1, 0.15) is 21.7 Å². The number of thiophene rings is 1. The van der Waals surface area contributed by atoms with Gasteiger partial charge in [0.15, 0.2) is 11.5 Å². The van der Waals surface area contributed by atoms with Crippen LogP contribution in [-0.2, 0) is 11.2 Å². The molecule has 126 valence electrons. The minimum atomic E-state index is -0.141. The van der Waals surface area contributed by atoms with Crippen molar-refractivity contribution in [3.63, 3.8) is 0 Å². The second-order valence-electron chi connectivity index (χ2n) is 5.27. The number of fused-ring (bicyclic) bond motifs is 1. The summed E-state index contributed by atoms with van der Waals surface area (Å²) >= 11 is 1.38. The molecular formula is C17H18N2O4S. The van der Waals surface area contributed by atoms with Crippen molar-refractivity contribution in [1.29, 1.82) is 0 Å². The Bertz CT molecular complexity index is 715. The van der Waals surface area contributed by atoms with Gasteiger partial charge >= 0.3 is 0 Å². The van der Waals surface area contributed by atoms with Crippen molar-refractivity contribution in [2.75, 3.05) is 19.9 Å². The number of rotatable bonds is 7. The summed E-state index contributed by atoms with van der Waals surface area (Å²) in [7, 11) is 0. The second-order valence-corrected chi connectivity index (χ2v) is 6.22. The van der Waals surface area contributed by atoms with Crippen molar-refractivity contribution in [3.8, 4) is 11.5 Å². The Kier molecular flexibility index (Phi) is 5.32. The zero-order chi connectivity index (χ0) is 16.8. The summed E-state index contributed by atoms with van der Waals surface area (Å²) in [6, 6.07) is 9.34. The Morgan fingerprint density at radius 3 is 2.79 bits per heavy atom. The molecule has 1 aromatic heterocycles. The number of hydrogen-bond donors (Lipinski definition) is 2. The summed E-state index contributed by atoms with van der Waals surface area (Å²) in [6.07, 6.45) is 0.974. The van der Waals surface area contributed by atoms with Crippen molar-refractivity contribution in [1.82, 2.24) is 10.6 Å². The van der Waals surface area contributed by atoms with Gasteiger partial charge in [0.1, 0.15) is 0 Å². The van der Waals surface area contributed by atoms with Crippen LogP contribution in [0.2, 0.25) is 0 Å². The average molecular weight is 346 g/mol. The quantitative estimate of drug-likeness (QED) is 0.803. The predicted octanol–water partition coefficient (Wildman–Crippen LogP) is 1.96. The molecule has 1 aromatic carbocycles. The fraction of sp³-hybridized carbons (Fsp3) is 0.294. The van der Waals surface area contributed by atoms with E-state index >= 15 is 0 Å². The molecule has 3 rings (SSSR count). The minimum absolute atomic E-state index is 0.0813. The van der Waals surface area contributed by atoms with E-state index < -0.39 is 0 Å². The highest BCUT2D eigenvalue weighted by Crippen LogP contribution is 2.32. The van der Waals surface area contributed by atoms with Crippen LogP contribution in [0.25, 0.3) is 0 Å². The molecule has 6 nitrogen and oxygen atoms in total. The van der Waals surface area contributed by atoms with E-state index in [1.807, 2.05) is 29.6 Å². The molecule has 2 heterocycles. The SMILES string of the molecule is O=C(CCNC(=O)c1cccs1)NCCc1ccc2c(c1)OCO2. The van der Waals surface area contributed by atoms with E-state index in [0.29, 0.717) is 24.4 Å². The number of benzene rings is 1. The molecule has 0 spiro atoms. The Morgan fingerprint density at radius 1 is 1.08 bits per heavy atom. The molecule has 0 aliphatic carbocycles. The van der Waals surface area contributed by atoms with Crippen LogP contribution in [0, 0.1) is 0 Å². The fourth-order valence-corrected chi connectivity index (χ4v) is 2.96. The summed E-state index contributed by atoms with van der Waals surface area (Å²) in [6.45, 7) is 1.12. The number of ether oxygens (including phenoxy) is 2. The van der Waals surface area contributed by atoms with Crippen LogP contribution in [0.3, 0.4) is 0 Å². The van der Waals surface area contributed by atoms with Crippen LogP contribution in [0.5, 0.6) is 11.5 Å². The first kappa shape index (κ1) is 16.3. The van der Waals surface area contributed by atoms with Crippen LogP contribution in [0.15, 0.2) is 35.7 Å². The maximum absolute atomic E-state index is 11.8. The Morgan fingerprint density at radius 2 is 1.96 bits per heavy atom. The van der Waals surface area contributed by atoms with E-state index in [2.05, 4.69) is 10.6 Å². The topological polar surface area (TPSA) is 76.7 Å². The third kappa shape index (κ3) is 4.26. The van der Waals surface area contributed by atoms with E-state index in [9.17, 15) is 9.59 Å². The fourth-order valence-electron chi connectivity index (χ4n) is 2.32. The summed E-state index contributed by atoms with van der Waals surface area (Å²) in [5, 5.41) is 7.43. The molecule has 0 unspecified atom stereocenters. The summed E-state index contributed by atoms with van der Waals surface area (Å²) < 4.78 is 10.6. The monoisotopic (exact) mass is 346 g/mol. The molecule has 0 radical (unpaired) electrons. The first-order valence-electron chi connectivity index (χ1n) is 7.69. The van der Waals surface area contributed by atoms with Gasteiger partial charge in [-0.25, -0.2) is 0 Å². The molecule has 0 bridgehead atoms. The predicted molar refractivity (Wildman–Crippen MR) is 90.5 cm³/mol. The lowest BCUT2D eigenvalue weighted by molar-refractivity contribution is -0.120. The molecule has 2 N–H and O–H groups in total. The van der Waals surface area contributed by atoms with Crippen molar-refractivity contribution >= 4 is 23.2 Å². The average Bonchev–Trinajstić information content (AvgIpc) is 3.26. The van der Waals surface area contributed by atoms with Gasteiger partial charge < -0.3 is 20.1 Å². The van der Waals surface area contributed by atoms with Gasteiger partial charge in [0.25, 0.3) is 5.91 Å². The highest BCUT2D eigenvalue weighted by Gasteiger charge is 2.13. The van der Waals surface area contributed by atoms with Crippen LogP contribution in [0.4, 0.5) is 0 Å². The maximum Gasteiger partial charge on any atom is 0.261 e. The molecule has 24 heavy (non-hydrogen) atoms. The summed E-state index contributed by atoms with van der Waals surface area (Å²) in [5.74, 6) is 1.28. The van der Waals surface area contributed by atoms with Gasteiger partial charge in [-0.2, -0.15) is 0 Å². The molecule has 0 saturated carbocycles. The Labute approximate surface area is 143 Å². The molecular weight excluding hydrogens is 328 g/mol. The lowest BCUT2D eigenvalue weighted by Gasteiger charge is -2.07. The van der Waals surface area contributed by atoms with E-state index in [-0.39, 0.29) is 25.0 Å². The number of amides is 2. The normalized spacial score (nSPS) is 12.0. The van der Waals surface area contributed by atoms with Gasteiger partial charge in [-0.3, -0.25) is 9.59 Å². The largest absolute Gasteiger partial charge is 0.454 e. The third-order valence-corrected chi connectivity index (χ3v) is 4.42. The maximum atomic E-state index is 11.8. The van der Waals surface area contributed by atoms with Crippen molar-refractivity contribution < 1.29 is 19.1 Å². The summed E-state index contributed by atoms with van der Waals surface area (Å²) in [4.78, 5) is 24.2. The van der Waals surface area contributed by atoms with Crippen LogP contribution in [-0.4, -0.2) is 31.7 Å². The van der Waals surface area contributed by atoms with Gasteiger partial charge in [0, 0.05) is 19.5 Å². The van der Waals surface area contributed by atoms with Crippen molar-refractivity contribution in [2.45, 2.75) is 12.8 Å². The number of nitrogens with one attached hydrogen (secondary N) is 2. The molecule has 0 saturated heterocycles. The molecule has 2 aromatic rings. The standard InChI is InChI=1S/C17H18N2O4S/c20-16(6-8-19-17(21)15-2-1-9-24-15)18-7-5-12-3-4-13-14(10-12)23-11-22-13/h1-4,9-10H,5-8,11H2,(H,18,20)(H,19,21). The number of carbonyl (C=O) groups is 2. The Balaban J connectivity index is 1.33. The van der Waals surface area contributed by atoms with Crippen LogP contribution >= 0.6 is 11.3 Å². The van der Waals surface area contributed by atoms with Gasteiger partial charge in [-0.1, -0.05) is 12.1 Å². The van der Waals surface area contributed by atoms with Gasteiger partial charge in [0.2, 0.25) is 12.7 Å². The highest BCUT2D eigenvalue weighted by molar-refractivity contribution is 7.12. The molecule has 1 aliphatic rings. The van der Waals surface area contributed by atoms with E-state index in [1.165, 1.54) is 11.3 Å². The lowest BCUT2D eigenvalue weighted by Crippen LogP contribution is -2.31. The third-order valence-electron chi connectivity index (χ3n) is 3.56. The molecule has 7 heteroatoms. The smallest absolute Gasteiger partial charge is 0.261 e. The summed E-state index contributed by atoms with van der Waals surface area (Å²) in [5.41, 5.74) is 1.07. The van der Waals surface area contributed by atoms with Gasteiger partial charge in [-0.05, 0) is 35.6 Å². The lowest BCUT2D eigenvalue weighted by atomic mass is 10.1. The molecule has 2 amide bonds. The number of carbonyl (C=O) groups excluding carboxylic acids is 2. The van der Waals surface area contributed by atoms with Crippen molar-refractivity contribution in [3.05, 3.63) is 46.2 Å². The zero-order valence-electron chi connectivity index (χ0n) is 13.0. The van der Waals surface area contributed by atoms with E-state index in [0.717, 1.165) is 17.1 Å². The highest BCUT2D eigenvalue weighted by atomic mass is 32.1. The number of hydrogen-bond acceptors (Lipinski definition) is 5. The first-order valence-corrected chi connectivity index (χ1v) is 8.57. The molecule has 0 fully saturated rings. The van der Waals surface area contributed by atoms with Gasteiger partial charge in [-0.15, -0.1) is 11.3 Å². The van der Waals surface area contributed by atoms with Crippen LogP contribution < -0.4 is 20.1 Å². The second kappa shape index (κ2) is 7.83. The first-order chi connectivity index (χ1) is 11.7. The zero-order valence-corrected chi connectivity index (χ0v) is 13.9. The Hall–Kier alpha value is -2.54. The molecule has 1 aliphatic heterocycles. The molecule has 0 atom stereocenters. The van der Waals surface area contributed by atoms with E-state index in [4.69, 9.17) is 9.47 Å².